The van der Waals surface area contributed by atoms with Gasteiger partial charge in [0.2, 0.25) is 0 Å². The molecule has 0 unspecified atom stereocenters. The molecule has 4 rings (SSSR count). The SMILES string of the molecule is CC(C)(C)N1C(=[Se])c2ccccc2C1(c1ccccc1)c1ccccc1. The molecule has 130 valence electrons. The van der Waals surface area contributed by atoms with Gasteiger partial charge in [0.05, 0.1) is 0 Å². The van der Waals surface area contributed by atoms with E-state index in [9.17, 15) is 0 Å². The van der Waals surface area contributed by atoms with Crippen molar-refractivity contribution in [1.29, 1.82) is 0 Å². The molecule has 0 amide bonds. The minimum atomic E-state index is -0.349. The van der Waals surface area contributed by atoms with Crippen molar-refractivity contribution < 1.29 is 0 Å². The van der Waals surface area contributed by atoms with Gasteiger partial charge in [-0.05, 0) is 0 Å². The fraction of sp³-hybridized carbons (Fsp3) is 0.208. The molecule has 1 heterocycles. The van der Waals surface area contributed by atoms with Crippen LogP contribution >= 0.6 is 0 Å². The summed E-state index contributed by atoms with van der Waals surface area (Å²) in [5.41, 5.74) is 4.79. The van der Waals surface area contributed by atoms with Gasteiger partial charge in [-0.1, -0.05) is 0 Å². The van der Waals surface area contributed by atoms with Crippen molar-refractivity contribution in [3.63, 3.8) is 0 Å². The van der Waals surface area contributed by atoms with E-state index in [4.69, 9.17) is 0 Å². The summed E-state index contributed by atoms with van der Waals surface area (Å²) in [6.45, 7) is 6.87. The van der Waals surface area contributed by atoms with Gasteiger partial charge in [-0.25, -0.2) is 0 Å². The molecule has 0 aromatic heterocycles. The van der Waals surface area contributed by atoms with Crippen molar-refractivity contribution in [2.45, 2.75) is 31.8 Å². The second-order valence-corrected chi connectivity index (χ2v) is 8.61. The normalized spacial score (nSPS) is 15.8. The molecule has 1 aliphatic rings. The first-order valence-electron chi connectivity index (χ1n) is 9.02. The van der Waals surface area contributed by atoms with Gasteiger partial charge in [-0.2, -0.15) is 0 Å². The monoisotopic (exact) mass is 405 g/mol. The first-order chi connectivity index (χ1) is 12.5. The summed E-state index contributed by atoms with van der Waals surface area (Å²) in [4.78, 5) is 2.55. The first kappa shape index (κ1) is 17.3. The fourth-order valence-corrected chi connectivity index (χ4v) is 5.52. The number of rotatable bonds is 2. The van der Waals surface area contributed by atoms with Gasteiger partial charge in [0.15, 0.2) is 0 Å². The van der Waals surface area contributed by atoms with Crippen LogP contribution in [0.3, 0.4) is 0 Å². The molecule has 0 spiro atoms. The van der Waals surface area contributed by atoms with Crippen LogP contribution < -0.4 is 0 Å². The van der Waals surface area contributed by atoms with Crippen molar-refractivity contribution in [1.82, 2.24) is 4.90 Å². The zero-order chi connectivity index (χ0) is 18.4. The van der Waals surface area contributed by atoms with Gasteiger partial charge in [0.1, 0.15) is 0 Å². The van der Waals surface area contributed by atoms with Gasteiger partial charge >= 0.3 is 164 Å². The fourth-order valence-electron chi connectivity index (χ4n) is 4.28. The van der Waals surface area contributed by atoms with Gasteiger partial charge in [0, 0.05) is 0 Å². The van der Waals surface area contributed by atoms with E-state index in [1.165, 1.54) is 26.8 Å². The molecular weight excluding hydrogens is 381 g/mol. The maximum absolute atomic E-state index is 3.39. The second kappa shape index (κ2) is 6.23. The molecule has 0 atom stereocenters. The Morgan fingerprint density at radius 1 is 0.692 bits per heavy atom. The van der Waals surface area contributed by atoms with Gasteiger partial charge in [-0.3, -0.25) is 0 Å². The topological polar surface area (TPSA) is 3.24 Å². The summed E-state index contributed by atoms with van der Waals surface area (Å²) < 4.78 is 1.21. The Bertz CT molecular complexity index is 899. The van der Waals surface area contributed by atoms with Crippen LogP contribution in [0.5, 0.6) is 0 Å². The minimum absolute atomic E-state index is 0.0642. The van der Waals surface area contributed by atoms with E-state index < -0.39 is 0 Å². The van der Waals surface area contributed by atoms with Crippen LogP contribution in [-0.4, -0.2) is 30.6 Å². The molecule has 0 bridgehead atoms. The maximum atomic E-state index is 3.39. The van der Waals surface area contributed by atoms with Crippen LogP contribution in [0, 0.1) is 0 Å². The predicted octanol–water partition coefficient (Wildman–Crippen LogP) is 4.74. The zero-order valence-corrected chi connectivity index (χ0v) is 17.2. The molecule has 1 aliphatic heterocycles. The van der Waals surface area contributed by atoms with Crippen LogP contribution in [0.2, 0.25) is 0 Å². The molecule has 0 N–H and O–H groups in total. The van der Waals surface area contributed by atoms with Crippen molar-refractivity contribution >= 4 is 20.1 Å². The van der Waals surface area contributed by atoms with E-state index in [0.29, 0.717) is 0 Å². The molecule has 0 aliphatic carbocycles. The van der Waals surface area contributed by atoms with Crippen LogP contribution in [0.4, 0.5) is 0 Å². The van der Waals surface area contributed by atoms with Crippen molar-refractivity contribution in [3.8, 4) is 0 Å². The Labute approximate surface area is 164 Å². The molecule has 2 heteroatoms. The Morgan fingerprint density at radius 3 is 1.65 bits per heavy atom. The van der Waals surface area contributed by atoms with Crippen LogP contribution in [0.1, 0.15) is 43.0 Å². The summed E-state index contributed by atoms with van der Waals surface area (Å²) in [7, 11) is 0. The molecule has 0 fully saturated rings. The number of fused-ring (bicyclic) bond motifs is 1. The number of nitrogens with zero attached hydrogens (tertiary/aromatic N) is 1. The van der Waals surface area contributed by atoms with E-state index in [2.05, 4.69) is 126 Å². The Balaban J connectivity index is 2.16. The first-order valence-corrected chi connectivity index (χ1v) is 9.88. The summed E-state index contributed by atoms with van der Waals surface area (Å²) in [5, 5.41) is 0. The average molecular weight is 404 g/mol. The zero-order valence-electron chi connectivity index (χ0n) is 15.4. The van der Waals surface area contributed by atoms with Gasteiger partial charge in [-0.15, -0.1) is 0 Å². The third-order valence-corrected chi connectivity index (χ3v) is 5.98. The quantitative estimate of drug-likeness (QED) is 0.558. The van der Waals surface area contributed by atoms with Crippen LogP contribution in [-0.2, 0) is 5.54 Å². The molecule has 0 saturated heterocycles. The van der Waals surface area contributed by atoms with E-state index >= 15 is 0 Å². The number of benzene rings is 3. The van der Waals surface area contributed by atoms with Crippen LogP contribution in [0.15, 0.2) is 84.9 Å². The van der Waals surface area contributed by atoms with E-state index in [1.807, 2.05) is 0 Å². The van der Waals surface area contributed by atoms with Gasteiger partial charge in [0.25, 0.3) is 0 Å². The van der Waals surface area contributed by atoms with Crippen molar-refractivity contribution in [3.05, 3.63) is 107 Å². The third-order valence-electron chi connectivity index (χ3n) is 5.14. The summed E-state index contributed by atoms with van der Waals surface area (Å²) in [6.07, 6.45) is 0. The predicted molar refractivity (Wildman–Crippen MR) is 111 cm³/mol. The third kappa shape index (κ3) is 2.40. The van der Waals surface area contributed by atoms with E-state index in [1.54, 1.807) is 0 Å². The van der Waals surface area contributed by atoms with E-state index in [0.717, 1.165) is 0 Å². The molecule has 0 saturated carbocycles. The number of hydrogen-bond donors (Lipinski definition) is 0. The van der Waals surface area contributed by atoms with Crippen LogP contribution in [0.25, 0.3) is 0 Å². The summed E-state index contributed by atoms with van der Waals surface area (Å²) >= 11 is 3.39. The standard InChI is InChI=1S/C24H23NSe/c1-23(2,3)25-22(26)20-16-10-11-17-21(20)24(25,18-12-6-4-7-13-18)19-14-8-5-9-15-19/h4-17H,1-3H3. The average Bonchev–Trinajstić information content (AvgIpc) is 2.93. The molecular formula is C24H23NSe. The molecule has 0 radical (unpaired) electrons. The molecule has 3 aromatic carbocycles. The second-order valence-electron chi connectivity index (χ2n) is 7.80. The summed E-state index contributed by atoms with van der Waals surface area (Å²) in [5.74, 6) is 0. The Kier molecular flexibility index (Phi) is 4.14. The molecule has 1 nitrogen and oxygen atoms in total. The Hall–Kier alpha value is -2.15. The van der Waals surface area contributed by atoms with E-state index in [-0.39, 0.29) is 11.1 Å². The molecule has 26 heavy (non-hydrogen) atoms. The van der Waals surface area contributed by atoms with Gasteiger partial charge < -0.3 is 0 Å². The Morgan fingerprint density at radius 2 is 1.15 bits per heavy atom. The van der Waals surface area contributed by atoms with Crippen molar-refractivity contribution in [2.75, 3.05) is 0 Å². The van der Waals surface area contributed by atoms with Crippen molar-refractivity contribution in [2.24, 2.45) is 0 Å². The molecule has 3 aromatic rings. The number of hydrogen-bond acceptors (Lipinski definition) is 1. The summed E-state index contributed by atoms with van der Waals surface area (Å²) in [6, 6.07) is 30.5.